The van der Waals surface area contributed by atoms with Crippen LogP contribution in [-0.2, 0) is 32.1 Å². The van der Waals surface area contributed by atoms with Crippen molar-refractivity contribution in [3.8, 4) is 0 Å². The molecule has 0 unspecified atom stereocenters. The molecule has 0 radical (unpaired) electrons. The van der Waals surface area contributed by atoms with Gasteiger partial charge in [0.1, 0.15) is 18.7 Å². The van der Waals surface area contributed by atoms with E-state index in [1.165, 1.54) is 7.11 Å². The number of nitrogens with one attached hydrogen (secondary N) is 2. The first-order valence-electron chi connectivity index (χ1n) is 10.4. The average molecular weight is 427 g/mol. The number of esters is 1. The van der Waals surface area contributed by atoms with E-state index in [2.05, 4.69) is 10.6 Å². The molecule has 2 aromatic rings. The smallest absolute Gasteiger partial charge is 0.408 e. The van der Waals surface area contributed by atoms with Gasteiger partial charge in [-0.05, 0) is 17.5 Å². The van der Waals surface area contributed by atoms with Crippen molar-refractivity contribution in [3.05, 3.63) is 71.8 Å². The molecule has 0 saturated heterocycles. The van der Waals surface area contributed by atoms with Crippen LogP contribution in [0.1, 0.15) is 37.3 Å². The van der Waals surface area contributed by atoms with Crippen LogP contribution in [0.2, 0.25) is 0 Å². The lowest BCUT2D eigenvalue weighted by Gasteiger charge is -2.22. The summed E-state index contributed by atoms with van der Waals surface area (Å²) in [6.07, 6.45) is 1.65. The number of unbranched alkanes of at least 4 members (excludes halogenated alkanes) is 1. The van der Waals surface area contributed by atoms with Crippen LogP contribution in [0.15, 0.2) is 60.7 Å². The monoisotopic (exact) mass is 426 g/mol. The van der Waals surface area contributed by atoms with Crippen molar-refractivity contribution in [3.63, 3.8) is 0 Å². The summed E-state index contributed by atoms with van der Waals surface area (Å²) in [5.41, 5.74) is 1.71. The first kappa shape index (κ1) is 23.9. The molecule has 0 aromatic heterocycles. The fourth-order valence-electron chi connectivity index (χ4n) is 3.04. The highest BCUT2D eigenvalue weighted by Crippen LogP contribution is 2.08. The Bertz CT molecular complexity index is 826. The molecule has 2 rings (SSSR count). The number of carbonyl (C=O) groups excluding carboxylic acids is 3. The number of hydrogen-bond donors (Lipinski definition) is 2. The number of benzene rings is 2. The summed E-state index contributed by atoms with van der Waals surface area (Å²) in [6, 6.07) is 16.9. The van der Waals surface area contributed by atoms with E-state index in [0.29, 0.717) is 6.42 Å². The standard InChI is InChI=1S/C24H30N2O5/c1-3-4-15-20(23(28)30-2)25-22(27)21(16-18-11-7-5-8-12-18)26-24(29)31-17-19-13-9-6-10-14-19/h5-14,20-21H,3-4,15-17H2,1-2H3,(H,25,27)(H,26,29)/t20-,21+/m0/s1. The maximum Gasteiger partial charge on any atom is 0.408 e. The number of amides is 2. The van der Waals surface area contributed by atoms with Gasteiger partial charge < -0.3 is 20.1 Å². The summed E-state index contributed by atoms with van der Waals surface area (Å²) in [7, 11) is 1.29. The van der Waals surface area contributed by atoms with Crippen LogP contribution >= 0.6 is 0 Å². The Morgan fingerprint density at radius 1 is 0.871 bits per heavy atom. The van der Waals surface area contributed by atoms with Crippen molar-refractivity contribution in [2.24, 2.45) is 0 Å². The summed E-state index contributed by atoms with van der Waals surface area (Å²) in [5, 5.41) is 5.35. The molecule has 7 heteroatoms. The molecule has 2 N–H and O–H groups in total. The largest absolute Gasteiger partial charge is 0.467 e. The highest BCUT2D eigenvalue weighted by Gasteiger charge is 2.27. The Morgan fingerprint density at radius 2 is 1.48 bits per heavy atom. The zero-order chi connectivity index (χ0) is 22.5. The topological polar surface area (TPSA) is 93.7 Å². The van der Waals surface area contributed by atoms with Gasteiger partial charge in [-0.3, -0.25) is 4.79 Å². The Balaban J connectivity index is 2.06. The third-order valence-corrected chi connectivity index (χ3v) is 4.75. The number of ether oxygens (including phenoxy) is 2. The first-order chi connectivity index (χ1) is 15.0. The van der Waals surface area contributed by atoms with E-state index in [0.717, 1.165) is 24.0 Å². The first-order valence-corrected chi connectivity index (χ1v) is 10.4. The molecule has 2 atom stereocenters. The van der Waals surface area contributed by atoms with E-state index < -0.39 is 30.1 Å². The minimum absolute atomic E-state index is 0.0909. The molecule has 0 aliphatic carbocycles. The van der Waals surface area contributed by atoms with Crippen LogP contribution in [0.3, 0.4) is 0 Å². The maximum absolute atomic E-state index is 13.0. The number of carbonyl (C=O) groups is 3. The third kappa shape index (κ3) is 8.50. The Morgan fingerprint density at radius 3 is 2.06 bits per heavy atom. The molecule has 31 heavy (non-hydrogen) atoms. The zero-order valence-electron chi connectivity index (χ0n) is 18.0. The molecule has 0 fully saturated rings. The van der Waals surface area contributed by atoms with Crippen molar-refractivity contribution >= 4 is 18.0 Å². The molecule has 0 aliphatic rings. The third-order valence-electron chi connectivity index (χ3n) is 4.75. The summed E-state index contributed by atoms with van der Waals surface area (Å²) >= 11 is 0. The highest BCUT2D eigenvalue weighted by atomic mass is 16.5. The lowest BCUT2D eigenvalue weighted by atomic mass is 10.0. The van der Waals surface area contributed by atoms with E-state index in [-0.39, 0.29) is 13.0 Å². The normalized spacial score (nSPS) is 12.3. The SMILES string of the molecule is CCCC[C@H](NC(=O)[C@@H](Cc1ccccc1)NC(=O)OCc1ccccc1)C(=O)OC. The van der Waals surface area contributed by atoms with Crippen LogP contribution in [-0.4, -0.2) is 37.2 Å². The summed E-state index contributed by atoms with van der Waals surface area (Å²) < 4.78 is 10.1. The van der Waals surface area contributed by atoms with Crippen molar-refractivity contribution in [1.29, 1.82) is 0 Å². The highest BCUT2D eigenvalue weighted by molar-refractivity contribution is 5.89. The summed E-state index contributed by atoms with van der Waals surface area (Å²) in [4.78, 5) is 37.4. The number of methoxy groups -OCH3 is 1. The van der Waals surface area contributed by atoms with Gasteiger partial charge in [0.05, 0.1) is 7.11 Å². The molecule has 2 amide bonds. The maximum atomic E-state index is 13.0. The van der Waals surface area contributed by atoms with Gasteiger partial charge in [0.15, 0.2) is 0 Å². The zero-order valence-corrected chi connectivity index (χ0v) is 18.0. The molecule has 0 saturated carbocycles. The van der Waals surface area contributed by atoms with Crippen LogP contribution in [0.5, 0.6) is 0 Å². The van der Waals surface area contributed by atoms with Gasteiger partial charge in [-0.1, -0.05) is 80.4 Å². The van der Waals surface area contributed by atoms with Crippen LogP contribution < -0.4 is 10.6 Å². The second-order valence-electron chi connectivity index (χ2n) is 7.17. The van der Waals surface area contributed by atoms with Crippen molar-refractivity contribution in [2.45, 2.75) is 51.3 Å². The van der Waals surface area contributed by atoms with Gasteiger partial charge >= 0.3 is 12.1 Å². The van der Waals surface area contributed by atoms with E-state index in [1.54, 1.807) is 0 Å². The van der Waals surface area contributed by atoms with E-state index >= 15 is 0 Å². The lowest BCUT2D eigenvalue weighted by Crippen LogP contribution is -2.52. The number of rotatable bonds is 11. The summed E-state index contributed by atoms with van der Waals surface area (Å²) in [6.45, 7) is 2.09. The second kappa shape index (κ2) is 13.1. The average Bonchev–Trinajstić information content (AvgIpc) is 2.80. The lowest BCUT2D eigenvalue weighted by molar-refractivity contribution is -0.145. The second-order valence-corrected chi connectivity index (χ2v) is 7.17. The number of hydrogen-bond acceptors (Lipinski definition) is 5. The molecular weight excluding hydrogens is 396 g/mol. The van der Waals surface area contributed by atoms with Gasteiger partial charge in [-0.25, -0.2) is 9.59 Å². The van der Waals surface area contributed by atoms with Crippen LogP contribution in [0, 0.1) is 0 Å². The fraction of sp³-hybridized carbons (Fsp3) is 0.375. The molecule has 0 bridgehead atoms. The van der Waals surface area contributed by atoms with E-state index in [4.69, 9.17) is 9.47 Å². The minimum atomic E-state index is -0.903. The van der Waals surface area contributed by atoms with Gasteiger partial charge in [-0.15, -0.1) is 0 Å². The Hall–Kier alpha value is -3.35. The molecule has 0 aliphatic heterocycles. The Kier molecular flexibility index (Phi) is 10.1. The van der Waals surface area contributed by atoms with Crippen molar-refractivity contribution < 1.29 is 23.9 Å². The molecule has 166 valence electrons. The number of alkyl carbamates (subject to hydrolysis) is 1. The van der Waals surface area contributed by atoms with Crippen molar-refractivity contribution in [2.75, 3.05) is 7.11 Å². The van der Waals surface area contributed by atoms with Gasteiger partial charge in [0, 0.05) is 6.42 Å². The quantitative estimate of drug-likeness (QED) is 0.538. The van der Waals surface area contributed by atoms with Gasteiger partial charge in [0.25, 0.3) is 0 Å². The molecule has 7 nitrogen and oxygen atoms in total. The predicted molar refractivity (Wildman–Crippen MR) is 117 cm³/mol. The van der Waals surface area contributed by atoms with Gasteiger partial charge in [-0.2, -0.15) is 0 Å². The molecular formula is C24H30N2O5. The van der Waals surface area contributed by atoms with E-state index in [1.807, 2.05) is 67.6 Å². The van der Waals surface area contributed by atoms with Gasteiger partial charge in [0.2, 0.25) is 5.91 Å². The van der Waals surface area contributed by atoms with E-state index in [9.17, 15) is 14.4 Å². The molecule has 0 spiro atoms. The van der Waals surface area contributed by atoms with Crippen LogP contribution in [0.25, 0.3) is 0 Å². The van der Waals surface area contributed by atoms with Crippen molar-refractivity contribution in [1.82, 2.24) is 10.6 Å². The predicted octanol–water partition coefficient (Wildman–Crippen LogP) is 3.37. The fourth-order valence-corrected chi connectivity index (χ4v) is 3.04. The molecule has 2 aromatic carbocycles. The molecule has 0 heterocycles. The minimum Gasteiger partial charge on any atom is -0.467 e. The summed E-state index contributed by atoms with van der Waals surface area (Å²) in [5.74, 6) is -0.973. The van der Waals surface area contributed by atoms with Crippen LogP contribution in [0.4, 0.5) is 4.79 Å². The Labute approximate surface area is 183 Å².